The van der Waals surface area contributed by atoms with E-state index in [9.17, 15) is 9.18 Å². The van der Waals surface area contributed by atoms with Gasteiger partial charge in [0.25, 0.3) is 0 Å². The van der Waals surface area contributed by atoms with Crippen LogP contribution in [0.4, 0.5) is 15.8 Å². The molecule has 0 saturated heterocycles. The molecule has 0 bridgehead atoms. The fourth-order valence-electron chi connectivity index (χ4n) is 1.64. The van der Waals surface area contributed by atoms with Crippen LogP contribution in [0.1, 0.15) is 15.2 Å². The number of halogens is 2. The number of hydrogen-bond acceptors (Lipinski definition) is 5. The Balaban J connectivity index is 2.20. The number of ether oxygens (including phenoxy) is 1. The van der Waals surface area contributed by atoms with Crippen molar-refractivity contribution in [1.29, 1.82) is 0 Å². The molecule has 0 unspecified atom stereocenters. The van der Waals surface area contributed by atoms with Crippen molar-refractivity contribution in [3.05, 3.63) is 44.3 Å². The molecule has 106 valence electrons. The van der Waals surface area contributed by atoms with Crippen molar-refractivity contribution in [3.8, 4) is 0 Å². The molecule has 0 amide bonds. The van der Waals surface area contributed by atoms with E-state index in [-0.39, 0.29) is 16.9 Å². The van der Waals surface area contributed by atoms with Gasteiger partial charge in [0.15, 0.2) is 0 Å². The third-order valence-corrected chi connectivity index (χ3v) is 4.32. The first-order valence-corrected chi connectivity index (χ1v) is 7.32. The Hall–Kier alpha value is -1.60. The van der Waals surface area contributed by atoms with Gasteiger partial charge in [0.1, 0.15) is 5.82 Å². The molecule has 7 heteroatoms. The smallest absolute Gasteiger partial charge is 0.340 e. The van der Waals surface area contributed by atoms with E-state index in [1.165, 1.54) is 13.2 Å². The second kappa shape index (κ2) is 6.23. The number of nitrogens with one attached hydrogen (secondary N) is 1. The number of nitrogens with two attached hydrogens (primary N) is 1. The zero-order valence-corrected chi connectivity index (χ0v) is 13.0. The van der Waals surface area contributed by atoms with Crippen LogP contribution >= 0.6 is 27.3 Å². The molecule has 2 aromatic rings. The Morgan fingerprint density at radius 3 is 2.85 bits per heavy atom. The van der Waals surface area contributed by atoms with Gasteiger partial charge in [-0.25, -0.2) is 9.18 Å². The lowest BCUT2D eigenvalue weighted by Crippen LogP contribution is -2.09. The summed E-state index contributed by atoms with van der Waals surface area (Å²) in [5, 5.41) is 4.88. The van der Waals surface area contributed by atoms with Gasteiger partial charge in [0.05, 0.1) is 18.4 Å². The van der Waals surface area contributed by atoms with Gasteiger partial charge < -0.3 is 15.8 Å². The number of anilines is 2. The minimum absolute atomic E-state index is 0.0544. The van der Waals surface area contributed by atoms with Gasteiger partial charge in [-0.2, -0.15) is 0 Å². The number of carbonyl (C=O) groups is 1. The van der Waals surface area contributed by atoms with Crippen LogP contribution in [0.5, 0.6) is 0 Å². The summed E-state index contributed by atoms with van der Waals surface area (Å²) in [5.41, 5.74) is 6.01. The van der Waals surface area contributed by atoms with Crippen molar-refractivity contribution < 1.29 is 13.9 Å². The van der Waals surface area contributed by atoms with Crippen molar-refractivity contribution in [3.63, 3.8) is 0 Å². The number of benzene rings is 1. The summed E-state index contributed by atoms with van der Waals surface area (Å²) in [5.74, 6) is -1.10. The summed E-state index contributed by atoms with van der Waals surface area (Å²) in [4.78, 5) is 12.6. The van der Waals surface area contributed by atoms with Crippen molar-refractivity contribution in [1.82, 2.24) is 0 Å². The summed E-state index contributed by atoms with van der Waals surface area (Å²) in [6, 6.07) is 4.41. The second-order valence-electron chi connectivity index (χ2n) is 4.00. The van der Waals surface area contributed by atoms with Crippen molar-refractivity contribution >= 4 is 44.6 Å². The minimum atomic E-state index is -0.593. The molecule has 4 nitrogen and oxygen atoms in total. The zero-order chi connectivity index (χ0) is 14.7. The highest BCUT2D eigenvalue weighted by atomic mass is 79.9. The van der Waals surface area contributed by atoms with E-state index < -0.39 is 11.8 Å². The molecular weight excluding hydrogens is 347 g/mol. The quantitative estimate of drug-likeness (QED) is 0.646. The first-order valence-electron chi connectivity index (χ1n) is 5.65. The van der Waals surface area contributed by atoms with Gasteiger partial charge in [-0.1, -0.05) is 0 Å². The number of hydrogen-bond donors (Lipinski definition) is 2. The maximum Gasteiger partial charge on any atom is 0.340 e. The standard InChI is InChI=1S/C13H12BrFN2O2S/c1-19-13(18)9-3-12(10(15)4-11(9)16)17-5-8-2-7(14)6-20-8/h2-4,6,17H,5,16H2,1H3. The monoisotopic (exact) mass is 358 g/mol. The Morgan fingerprint density at radius 2 is 2.25 bits per heavy atom. The van der Waals surface area contributed by atoms with E-state index in [1.807, 2.05) is 11.4 Å². The number of esters is 1. The maximum atomic E-state index is 13.8. The topological polar surface area (TPSA) is 64.3 Å². The van der Waals surface area contributed by atoms with E-state index in [2.05, 4.69) is 26.0 Å². The third-order valence-electron chi connectivity index (χ3n) is 2.62. The summed E-state index contributed by atoms with van der Waals surface area (Å²) in [6.45, 7) is 0.456. The van der Waals surface area contributed by atoms with Gasteiger partial charge in [-0.3, -0.25) is 0 Å². The van der Waals surface area contributed by atoms with E-state index in [0.29, 0.717) is 6.54 Å². The Morgan fingerprint density at radius 1 is 1.50 bits per heavy atom. The van der Waals surface area contributed by atoms with Crippen LogP contribution in [0.3, 0.4) is 0 Å². The first kappa shape index (κ1) is 14.8. The first-order chi connectivity index (χ1) is 9.51. The van der Waals surface area contributed by atoms with Crippen LogP contribution in [0.15, 0.2) is 28.1 Å². The Labute approximate surface area is 127 Å². The second-order valence-corrected chi connectivity index (χ2v) is 5.91. The van der Waals surface area contributed by atoms with Gasteiger partial charge in [-0.05, 0) is 34.1 Å². The molecule has 0 atom stereocenters. The predicted octanol–water partition coefficient (Wildman–Crippen LogP) is 3.63. The molecule has 0 fully saturated rings. The van der Waals surface area contributed by atoms with Crippen LogP contribution in [0, 0.1) is 5.82 Å². The van der Waals surface area contributed by atoms with E-state index in [4.69, 9.17) is 5.73 Å². The maximum absolute atomic E-state index is 13.8. The fraction of sp³-hybridized carbons (Fsp3) is 0.154. The fourth-order valence-corrected chi connectivity index (χ4v) is 3.03. The molecule has 1 aromatic carbocycles. The predicted molar refractivity (Wildman–Crippen MR) is 81.5 cm³/mol. The average molecular weight is 359 g/mol. The number of rotatable bonds is 4. The molecule has 0 radical (unpaired) electrons. The molecule has 20 heavy (non-hydrogen) atoms. The van der Waals surface area contributed by atoms with Crippen molar-refractivity contribution in [2.45, 2.75) is 6.54 Å². The molecule has 0 spiro atoms. The normalized spacial score (nSPS) is 10.3. The summed E-state index contributed by atoms with van der Waals surface area (Å²) in [7, 11) is 1.25. The van der Waals surface area contributed by atoms with Crippen molar-refractivity contribution in [2.24, 2.45) is 0 Å². The average Bonchev–Trinajstić information content (AvgIpc) is 2.83. The lowest BCUT2D eigenvalue weighted by atomic mass is 10.1. The Kier molecular flexibility index (Phi) is 4.61. The van der Waals surface area contributed by atoms with Crippen LogP contribution in [-0.4, -0.2) is 13.1 Å². The molecular formula is C13H12BrFN2O2S. The minimum Gasteiger partial charge on any atom is -0.465 e. The lowest BCUT2D eigenvalue weighted by molar-refractivity contribution is 0.0602. The molecule has 0 aliphatic carbocycles. The molecule has 0 aliphatic rings. The van der Waals surface area contributed by atoms with E-state index in [1.54, 1.807) is 11.3 Å². The lowest BCUT2D eigenvalue weighted by Gasteiger charge is -2.10. The molecule has 1 heterocycles. The zero-order valence-electron chi connectivity index (χ0n) is 10.6. The van der Waals surface area contributed by atoms with Crippen LogP contribution < -0.4 is 11.1 Å². The summed E-state index contributed by atoms with van der Waals surface area (Å²) in [6.07, 6.45) is 0. The largest absolute Gasteiger partial charge is 0.465 e. The van der Waals surface area contributed by atoms with Gasteiger partial charge in [-0.15, -0.1) is 11.3 Å². The van der Waals surface area contributed by atoms with Crippen LogP contribution in [0.2, 0.25) is 0 Å². The number of thiophene rings is 1. The van der Waals surface area contributed by atoms with Crippen LogP contribution in [0.25, 0.3) is 0 Å². The van der Waals surface area contributed by atoms with Gasteiger partial charge in [0, 0.05) is 27.0 Å². The number of carbonyl (C=O) groups excluding carboxylic acids is 1. The van der Waals surface area contributed by atoms with Gasteiger partial charge >= 0.3 is 5.97 Å². The summed E-state index contributed by atoms with van der Waals surface area (Å²) >= 11 is 4.90. The number of nitrogen functional groups attached to an aromatic ring is 1. The molecule has 3 N–H and O–H groups in total. The highest BCUT2D eigenvalue weighted by Gasteiger charge is 2.14. The summed E-state index contributed by atoms with van der Waals surface area (Å²) < 4.78 is 19.4. The molecule has 0 saturated carbocycles. The van der Waals surface area contributed by atoms with E-state index >= 15 is 0 Å². The van der Waals surface area contributed by atoms with Crippen molar-refractivity contribution in [2.75, 3.05) is 18.2 Å². The SMILES string of the molecule is COC(=O)c1cc(NCc2cc(Br)cs2)c(F)cc1N. The highest BCUT2D eigenvalue weighted by Crippen LogP contribution is 2.25. The van der Waals surface area contributed by atoms with Crippen LogP contribution in [-0.2, 0) is 11.3 Å². The highest BCUT2D eigenvalue weighted by molar-refractivity contribution is 9.10. The number of methoxy groups -OCH3 is 1. The third kappa shape index (κ3) is 3.29. The molecule has 1 aromatic heterocycles. The van der Waals surface area contributed by atoms with Gasteiger partial charge in [0.2, 0.25) is 0 Å². The van der Waals surface area contributed by atoms with E-state index in [0.717, 1.165) is 15.4 Å². The molecule has 2 rings (SSSR count). The molecule has 0 aliphatic heterocycles. The Bertz CT molecular complexity index is 645.